The van der Waals surface area contributed by atoms with Crippen molar-refractivity contribution in [2.24, 2.45) is 5.92 Å². The van der Waals surface area contributed by atoms with E-state index in [9.17, 15) is 10.2 Å². The van der Waals surface area contributed by atoms with E-state index in [1.807, 2.05) is 0 Å². The lowest BCUT2D eigenvalue weighted by molar-refractivity contribution is -0.244. The fraction of sp³-hybridized carbons (Fsp3) is 0.875. The summed E-state index contributed by atoms with van der Waals surface area (Å²) in [5.41, 5.74) is 0. The molecule has 1 aliphatic heterocycles. The molecule has 128 valence electrons. The van der Waals surface area contributed by atoms with Gasteiger partial charge in [0.25, 0.3) is 0 Å². The van der Waals surface area contributed by atoms with Crippen LogP contribution in [0.15, 0.2) is 0 Å². The molecule has 0 aromatic carbocycles. The van der Waals surface area contributed by atoms with Gasteiger partial charge in [-0.15, -0.1) is 6.42 Å². The maximum Gasteiger partial charge on any atom is 0.192 e. The van der Waals surface area contributed by atoms with Crippen molar-refractivity contribution in [2.75, 3.05) is 13.7 Å². The molecule has 1 saturated heterocycles. The smallest absolute Gasteiger partial charge is 0.192 e. The van der Waals surface area contributed by atoms with Crippen LogP contribution in [0.1, 0.15) is 27.2 Å². The van der Waals surface area contributed by atoms with Gasteiger partial charge in [-0.05, 0) is 18.1 Å². The molecule has 0 unspecified atom stereocenters. The molecule has 0 aromatic rings. The van der Waals surface area contributed by atoms with Crippen molar-refractivity contribution in [3.63, 3.8) is 0 Å². The molecule has 1 aliphatic rings. The Morgan fingerprint density at radius 1 is 1.41 bits per heavy atom. The number of methoxy groups -OCH3 is 1. The number of hydrogen-bond acceptors (Lipinski definition) is 5. The minimum atomic E-state index is -2.05. The van der Waals surface area contributed by atoms with Crippen LogP contribution < -0.4 is 0 Å². The molecule has 5 nitrogen and oxygen atoms in total. The topological polar surface area (TPSA) is 68.2 Å². The van der Waals surface area contributed by atoms with E-state index in [0.717, 1.165) is 0 Å². The Labute approximate surface area is 135 Å². The Balaban J connectivity index is 3.06. The van der Waals surface area contributed by atoms with Crippen LogP contribution in [0.3, 0.4) is 0 Å². The first-order valence-electron chi connectivity index (χ1n) is 7.68. The van der Waals surface area contributed by atoms with E-state index >= 15 is 0 Å². The van der Waals surface area contributed by atoms with Crippen LogP contribution in [0, 0.1) is 18.3 Å². The number of aliphatic hydroxyl groups excluding tert-OH is 2. The van der Waals surface area contributed by atoms with Crippen LogP contribution in [-0.4, -0.2) is 56.8 Å². The van der Waals surface area contributed by atoms with Crippen LogP contribution in [-0.2, 0) is 13.9 Å². The van der Waals surface area contributed by atoms with Crippen LogP contribution in [0.5, 0.6) is 0 Å². The molecule has 2 N–H and O–H groups in total. The Bertz CT molecular complexity index is 398. The summed E-state index contributed by atoms with van der Waals surface area (Å²) in [4.78, 5) is 0. The minimum absolute atomic E-state index is 0.0359. The van der Waals surface area contributed by atoms with Gasteiger partial charge in [-0.25, -0.2) is 0 Å². The van der Waals surface area contributed by atoms with Gasteiger partial charge in [-0.1, -0.05) is 26.7 Å². The van der Waals surface area contributed by atoms with Crippen molar-refractivity contribution in [3.05, 3.63) is 0 Å². The van der Waals surface area contributed by atoms with Crippen LogP contribution >= 0.6 is 0 Å². The van der Waals surface area contributed by atoms with E-state index < -0.39 is 32.7 Å². The van der Waals surface area contributed by atoms with Crippen molar-refractivity contribution in [3.8, 4) is 12.3 Å². The summed E-state index contributed by atoms with van der Waals surface area (Å²) in [6, 6.07) is 0. The monoisotopic (exact) mass is 330 g/mol. The SMILES string of the molecule is C#C[C@@H]1C[C@@H](O[Si](C)(C)C(C)(C)C)[C@H]([C@H](O)CO)[C@@H](OC)O1. The highest BCUT2D eigenvalue weighted by Crippen LogP contribution is 2.41. The lowest BCUT2D eigenvalue weighted by Crippen LogP contribution is -2.56. The first-order chi connectivity index (χ1) is 10.1. The molecule has 0 radical (unpaired) electrons. The number of aliphatic hydroxyl groups is 2. The quantitative estimate of drug-likeness (QED) is 0.594. The van der Waals surface area contributed by atoms with Crippen LogP contribution in [0.25, 0.3) is 0 Å². The highest BCUT2D eigenvalue weighted by molar-refractivity contribution is 6.74. The first kappa shape index (κ1) is 19.6. The maximum atomic E-state index is 10.2. The third-order valence-electron chi connectivity index (χ3n) is 4.79. The molecule has 1 heterocycles. The third kappa shape index (κ3) is 4.31. The predicted octanol–water partition coefficient (Wildman–Crippen LogP) is 1.74. The van der Waals surface area contributed by atoms with Gasteiger partial charge in [0.15, 0.2) is 14.6 Å². The second-order valence-electron chi connectivity index (χ2n) is 7.38. The van der Waals surface area contributed by atoms with Crippen molar-refractivity contribution >= 4 is 8.32 Å². The molecule has 5 atom stereocenters. The lowest BCUT2D eigenvalue weighted by Gasteiger charge is -2.47. The van der Waals surface area contributed by atoms with Gasteiger partial charge in [0.05, 0.1) is 24.7 Å². The van der Waals surface area contributed by atoms with Crippen molar-refractivity contribution in [1.82, 2.24) is 0 Å². The minimum Gasteiger partial charge on any atom is -0.413 e. The van der Waals surface area contributed by atoms with Crippen LogP contribution in [0.4, 0.5) is 0 Å². The van der Waals surface area contributed by atoms with Gasteiger partial charge >= 0.3 is 0 Å². The van der Waals surface area contributed by atoms with Crippen molar-refractivity contribution in [1.29, 1.82) is 0 Å². The Hall–Kier alpha value is -0.423. The molecule has 0 spiro atoms. The largest absolute Gasteiger partial charge is 0.413 e. The van der Waals surface area contributed by atoms with Gasteiger partial charge in [0.2, 0.25) is 0 Å². The highest BCUT2D eigenvalue weighted by atomic mass is 28.4. The molecule has 0 saturated carbocycles. The maximum absolute atomic E-state index is 10.2. The molecule has 0 aliphatic carbocycles. The summed E-state index contributed by atoms with van der Waals surface area (Å²) in [5, 5.41) is 19.6. The average Bonchev–Trinajstić information content (AvgIpc) is 2.43. The van der Waals surface area contributed by atoms with Crippen molar-refractivity contribution < 1.29 is 24.1 Å². The molecule has 1 rings (SSSR count). The Morgan fingerprint density at radius 2 is 2.00 bits per heavy atom. The van der Waals surface area contributed by atoms with Gasteiger partial charge in [0, 0.05) is 13.5 Å². The summed E-state index contributed by atoms with van der Waals surface area (Å²) in [6.07, 6.45) is 3.61. The zero-order valence-corrected chi connectivity index (χ0v) is 15.5. The van der Waals surface area contributed by atoms with Crippen molar-refractivity contribution in [2.45, 2.75) is 69.9 Å². The van der Waals surface area contributed by atoms with E-state index in [1.54, 1.807) is 0 Å². The molecule has 1 fully saturated rings. The van der Waals surface area contributed by atoms with E-state index in [0.29, 0.717) is 6.42 Å². The molecular weight excluding hydrogens is 300 g/mol. The fourth-order valence-electron chi connectivity index (χ4n) is 2.40. The van der Waals surface area contributed by atoms with E-state index in [1.165, 1.54) is 7.11 Å². The second-order valence-corrected chi connectivity index (χ2v) is 12.1. The van der Waals surface area contributed by atoms with E-state index in [4.69, 9.17) is 20.3 Å². The summed E-state index contributed by atoms with van der Waals surface area (Å²) in [6.45, 7) is 10.4. The Morgan fingerprint density at radius 3 is 2.41 bits per heavy atom. The summed E-state index contributed by atoms with van der Waals surface area (Å²) < 4.78 is 17.4. The zero-order valence-electron chi connectivity index (χ0n) is 14.5. The standard InChI is InChI=1S/C16H30O5Si/c1-8-11-9-13(21-22(6,7)16(2,3)4)14(12(18)10-17)15(19-5)20-11/h1,11-15,17-18H,9-10H2,2-7H3/t11-,12-,13-,14+,15+/m1/s1. The molecule has 0 amide bonds. The number of ether oxygens (including phenoxy) is 2. The van der Waals surface area contributed by atoms with Gasteiger partial charge in [-0.2, -0.15) is 0 Å². The molecule has 0 bridgehead atoms. The molecule has 6 heteroatoms. The predicted molar refractivity (Wildman–Crippen MR) is 87.8 cm³/mol. The van der Waals surface area contributed by atoms with E-state index in [2.05, 4.69) is 39.8 Å². The average molecular weight is 330 g/mol. The van der Waals surface area contributed by atoms with E-state index in [-0.39, 0.29) is 17.7 Å². The molecule has 22 heavy (non-hydrogen) atoms. The third-order valence-corrected chi connectivity index (χ3v) is 9.29. The summed E-state index contributed by atoms with van der Waals surface area (Å²) in [5.74, 6) is 2.13. The molecular formula is C16H30O5Si. The van der Waals surface area contributed by atoms with Gasteiger partial charge in [-0.3, -0.25) is 0 Å². The fourth-order valence-corrected chi connectivity index (χ4v) is 3.77. The molecule has 0 aromatic heterocycles. The normalized spacial score (nSPS) is 31.6. The summed E-state index contributed by atoms with van der Waals surface area (Å²) >= 11 is 0. The Kier molecular flexibility index (Phi) is 6.63. The van der Waals surface area contributed by atoms with Gasteiger partial charge < -0.3 is 24.1 Å². The zero-order chi connectivity index (χ0) is 17.1. The lowest BCUT2D eigenvalue weighted by atomic mass is 9.89. The van der Waals surface area contributed by atoms with Gasteiger partial charge in [0.1, 0.15) is 6.10 Å². The second kappa shape index (κ2) is 7.43. The number of hydrogen-bond donors (Lipinski definition) is 2. The number of rotatable bonds is 5. The van der Waals surface area contributed by atoms with Crippen LogP contribution in [0.2, 0.25) is 18.1 Å². The number of terminal acetylenes is 1. The summed E-state index contributed by atoms with van der Waals surface area (Å²) in [7, 11) is -0.546. The first-order valence-corrected chi connectivity index (χ1v) is 10.6. The highest BCUT2D eigenvalue weighted by Gasteiger charge is 2.47.